The van der Waals surface area contributed by atoms with Crippen molar-refractivity contribution in [2.45, 2.75) is 57.1 Å². The molecule has 4 rings (SSSR count). The average molecular weight is 614 g/mol. The van der Waals surface area contributed by atoms with E-state index in [0.29, 0.717) is 11.5 Å². The standard InChI is InChI=1S/C28H35F4N5O4S/c1-18-14-23(33-24(15-18)37-12-8-28(31,32)9-13-37)34-26(39)21-5-4-20(35-42(40,41)27(2,3)17-38)16-22(21)36-10-6-19(7-11-36)25(29)30/h4-5,14-16,35,38H,6-13,17H2,1-3H3,(H,33,34,39). The topological polar surface area (TPSA) is 115 Å². The van der Waals surface area contributed by atoms with E-state index >= 15 is 0 Å². The second-order valence-electron chi connectivity index (χ2n) is 11.3. The van der Waals surface area contributed by atoms with Crippen molar-refractivity contribution >= 4 is 38.9 Å². The Bertz CT molecular complexity index is 1460. The third-order valence-corrected chi connectivity index (χ3v) is 9.68. The number of aliphatic hydroxyl groups excluding tert-OH is 1. The Kier molecular flexibility index (Phi) is 9.07. The quantitative estimate of drug-likeness (QED) is 0.353. The van der Waals surface area contributed by atoms with Crippen molar-refractivity contribution < 1.29 is 35.9 Å². The number of pyridine rings is 1. The van der Waals surface area contributed by atoms with Crippen LogP contribution in [0.5, 0.6) is 0 Å². The second-order valence-corrected chi connectivity index (χ2v) is 13.6. The number of hydrogen-bond donors (Lipinski definition) is 3. The SMILES string of the molecule is Cc1cc(NC(=O)c2ccc(NS(=O)(=O)C(C)(C)CO)cc2N2CCC(=C(F)F)CC2)nc(N2CCC(F)(F)CC2)c1. The minimum atomic E-state index is -4.03. The van der Waals surface area contributed by atoms with E-state index in [2.05, 4.69) is 15.0 Å². The number of amides is 1. The molecule has 0 spiro atoms. The molecule has 0 unspecified atom stereocenters. The van der Waals surface area contributed by atoms with Gasteiger partial charge in [-0.2, -0.15) is 8.78 Å². The van der Waals surface area contributed by atoms with Crippen LogP contribution in [0.15, 0.2) is 42.0 Å². The van der Waals surface area contributed by atoms with Crippen molar-refractivity contribution in [3.05, 3.63) is 53.1 Å². The van der Waals surface area contributed by atoms with Crippen molar-refractivity contribution in [2.75, 3.05) is 52.6 Å². The highest BCUT2D eigenvalue weighted by molar-refractivity contribution is 7.94. The molecule has 0 radical (unpaired) electrons. The van der Waals surface area contributed by atoms with Gasteiger partial charge in [-0.05, 0) is 75.1 Å². The molecular weight excluding hydrogens is 578 g/mol. The first kappa shape index (κ1) is 31.5. The average Bonchev–Trinajstić information content (AvgIpc) is 2.92. The molecule has 14 heteroatoms. The number of aryl methyl sites for hydroxylation is 1. The molecule has 2 aromatic rings. The number of carbonyl (C=O) groups excluding carboxylic acids is 1. The van der Waals surface area contributed by atoms with Gasteiger partial charge in [-0.15, -0.1) is 0 Å². The smallest absolute Gasteiger partial charge is 0.269 e. The van der Waals surface area contributed by atoms with Gasteiger partial charge in [0.25, 0.3) is 17.9 Å². The van der Waals surface area contributed by atoms with E-state index < -0.39 is 39.3 Å². The van der Waals surface area contributed by atoms with Crippen LogP contribution in [0.3, 0.4) is 0 Å². The number of aliphatic hydroxyl groups is 1. The lowest BCUT2D eigenvalue weighted by molar-refractivity contribution is -0.0221. The monoisotopic (exact) mass is 613 g/mol. The zero-order valence-corrected chi connectivity index (χ0v) is 24.5. The van der Waals surface area contributed by atoms with Gasteiger partial charge in [0.15, 0.2) is 0 Å². The van der Waals surface area contributed by atoms with Crippen molar-refractivity contribution in [3.8, 4) is 0 Å². The van der Waals surface area contributed by atoms with E-state index in [4.69, 9.17) is 0 Å². The van der Waals surface area contributed by atoms with E-state index in [0.717, 1.165) is 5.56 Å². The molecule has 1 aromatic heterocycles. The summed E-state index contributed by atoms with van der Waals surface area (Å²) >= 11 is 0. The molecule has 2 aliphatic rings. The number of hydrogen-bond acceptors (Lipinski definition) is 7. The molecule has 0 bridgehead atoms. The van der Waals surface area contributed by atoms with Crippen LogP contribution in [0.1, 0.15) is 55.5 Å². The fourth-order valence-electron chi connectivity index (χ4n) is 4.76. The lowest BCUT2D eigenvalue weighted by Crippen LogP contribution is -2.40. The second kappa shape index (κ2) is 12.1. The first-order valence-electron chi connectivity index (χ1n) is 13.6. The number of nitrogens with one attached hydrogen (secondary N) is 2. The van der Waals surface area contributed by atoms with E-state index in [9.17, 15) is 35.9 Å². The van der Waals surface area contributed by atoms with Crippen LogP contribution in [0.25, 0.3) is 0 Å². The normalized spacial score (nSPS) is 17.7. The first-order chi connectivity index (χ1) is 19.6. The molecule has 3 N–H and O–H groups in total. The maximum atomic E-state index is 13.7. The fourth-order valence-corrected chi connectivity index (χ4v) is 5.64. The van der Waals surface area contributed by atoms with E-state index in [-0.39, 0.29) is 74.5 Å². The zero-order chi connectivity index (χ0) is 30.9. The number of benzene rings is 1. The summed E-state index contributed by atoms with van der Waals surface area (Å²) in [6.45, 7) is 4.49. The summed E-state index contributed by atoms with van der Waals surface area (Å²) in [6.07, 6.45) is -2.15. The molecule has 2 saturated heterocycles. The van der Waals surface area contributed by atoms with Crippen LogP contribution in [-0.4, -0.2) is 67.9 Å². The Labute approximate surface area is 242 Å². The van der Waals surface area contributed by atoms with Gasteiger partial charge in [-0.1, -0.05) is 0 Å². The van der Waals surface area contributed by atoms with Crippen molar-refractivity contribution in [2.24, 2.45) is 0 Å². The molecule has 230 valence electrons. The predicted octanol–water partition coefficient (Wildman–Crippen LogP) is 5.14. The van der Waals surface area contributed by atoms with Crippen LogP contribution in [0.2, 0.25) is 0 Å². The number of piperidine rings is 2. The van der Waals surface area contributed by atoms with Crippen LogP contribution in [0, 0.1) is 6.92 Å². The van der Waals surface area contributed by atoms with Crippen molar-refractivity contribution in [3.63, 3.8) is 0 Å². The van der Waals surface area contributed by atoms with E-state index in [1.807, 2.05) is 0 Å². The Morgan fingerprint density at radius 1 is 1.05 bits per heavy atom. The number of anilines is 4. The van der Waals surface area contributed by atoms with Gasteiger partial charge in [-0.3, -0.25) is 9.52 Å². The third-order valence-electron chi connectivity index (χ3n) is 7.59. The highest BCUT2D eigenvalue weighted by atomic mass is 32.2. The van der Waals surface area contributed by atoms with Crippen molar-refractivity contribution in [1.82, 2.24) is 4.98 Å². The Hall–Kier alpha value is -3.39. The molecule has 9 nitrogen and oxygen atoms in total. The number of alkyl halides is 2. The lowest BCUT2D eigenvalue weighted by Gasteiger charge is -2.33. The van der Waals surface area contributed by atoms with Crippen LogP contribution < -0.4 is 19.8 Å². The molecule has 0 atom stereocenters. The highest BCUT2D eigenvalue weighted by Crippen LogP contribution is 2.33. The zero-order valence-electron chi connectivity index (χ0n) is 23.7. The molecule has 42 heavy (non-hydrogen) atoms. The molecule has 0 saturated carbocycles. The molecule has 0 aliphatic carbocycles. The van der Waals surface area contributed by atoms with Gasteiger partial charge in [0.1, 0.15) is 16.4 Å². The van der Waals surface area contributed by atoms with Crippen LogP contribution in [-0.2, 0) is 10.0 Å². The summed E-state index contributed by atoms with van der Waals surface area (Å²) < 4.78 is 80.3. The molecule has 2 aliphatic heterocycles. The third kappa shape index (κ3) is 7.14. The number of sulfonamides is 1. The van der Waals surface area contributed by atoms with Gasteiger partial charge < -0.3 is 20.2 Å². The maximum Gasteiger partial charge on any atom is 0.269 e. The molecule has 3 heterocycles. The summed E-state index contributed by atoms with van der Waals surface area (Å²) in [7, 11) is -4.03. The summed E-state index contributed by atoms with van der Waals surface area (Å²) in [5.41, 5.74) is 1.42. The fraction of sp³-hybridized carbons (Fsp3) is 0.500. The minimum absolute atomic E-state index is 0.0331. The minimum Gasteiger partial charge on any atom is -0.395 e. The summed E-state index contributed by atoms with van der Waals surface area (Å²) in [6, 6.07) is 7.69. The van der Waals surface area contributed by atoms with Gasteiger partial charge in [0.2, 0.25) is 10.0 Å². The Morgan fingerprint density at radius 3 is 2.29 bits per heavy atom. The van der Waals surface area contributed by atoms with Crippen LogP contribution >= 0.6 is 0 Å². The van der Waals surface area contributed by atoms with Gasteiger partial charge >= 0.3 is 0 Å². The molecule has 1 amide bonds. The number of rotatable bonds is 8. The largest absolute Gasteiger partial charge is 0.395 e. The Balaban J connectivity index is 1.63. The van der Waals surface area contributed by atoms with Gasteiger partial charge in [-0.25, -0.2) is 22.2 Å². The predicted molar refractivity (Wildman–Crippen MR) is 154 cm³/mol. The highest BCUT2D eigenvalue weighted by Gasteiger charge is 2.35. The Morgan fingerprint density at radius 2 is 1.69 bits per heavy atom. The van der Waals surface area contributed by atoms with Gasteiger partial charge in [0.05, 0.1) is 23.5 Å². The molecule has 1 aromatic carbocycles. The molecular formula is C28H35F4N5O4S. The number of carbonyl (C=O) groups is 1. The summed E-state index contributed by atoms with van der Waals surface area (Å²) in [5, 5.41) is 12.3. The summed E-state index contributed by atoms with van der Waals surface area (Å²) in [4.78, 5) is 21.5. The summed E-state index contributed by atoms with van der Waals surface area (Å²) in [5.74, 6) is -2.62. The molecule has 2 fully saturated rings. The number of nitrogens with zero attached hydrogens (tertiary/aromatic N) is 3. The first-order valence-corrected chi connectivity index (χ1v) is 15.1. The van der Waals surface area contributed by atoms with E-state index in [1.54, 1.807) is 28.9 Å². The maximum absolute atomic E-state index is 13.7. The number of aromatic nitrogens is 1. The number of halogens is 4. The van der Waals surface area contributed by atoms with Crippen molar-refractivity contribution in [1.29, 1.82) is 0 Å². The lowest BCUT2D eigenvalue weighted by atomic mass is 10.0. The van der Waals surface area contributed by atoms with Gasteiger partial charge in [0, 0.05) is 39.0 Å². The van der Waals surface area contributed by atoms with E-state index in [1.165, 1.54) is 32.0 Å². The van der Waals surface area contributed by atoms with Crippen LogP contribution in [0.4, 0.5) is 40.6 Å².